The van der Waals surface area contributed by atoms with Crippen LogP contribution in [0.2, 0.25) is 0 Å². The summed E-state index contributed by atoms with van der Waals surface area (Å²) < 4.78 is 5.36. The number of hydrogen-bond donors (Lipinski definition) is 0. The third-order valence-corrected chi connectivity index (χ3v) is 8.47. The van der Waals surface area contributed by atoms with E-state index in [9.17, 15) is 0 Å². The van der Waals surface area contributed by atoms with Gasteiger partial charge in [-0.05, 0) is 41.4 Å². The molecule has 0 radical (unpaired) electrons. The minimum Gasteiger partial charge on any atom is -0.497 e. The molecular formula is C23H23OP. The molecule has 0 N–H and O–H groups in total. The monoisotopic (exact) mass is 346 g/mol. The van der Waals surface area contributed by atoms with Gasteiger partial charge in [0.05, 0.1) is 7.11 Å². The highest BCUT2D eigenvalue weighted by molar-refractivity contribution is 7.66. The molecule has 0 spiro atoms. The van der Waals surface area contributed by atoms with E-state index in [-0.39, 0.29) is 7.92 Å². The summed E-state index contributed by atoms with van der Waals surface area (Å²) in [7, 11) is 1.44. The lowest BCUT2D eigenvalue weighted by molar-refractivity contribution is 0.415. The molecule has 1 aliphatic rings. The maximum Gasteiger partial charge on any atom is 0.118 e. The van der Waals surface area contributed by atoms with Crippen molar-refractivity contribution in [3.05, 3.63) is 96.1 Å². The third-order valence-electron chi connectivity index (χ3n) is 5.12. The van der Waals surface area contributed by atoms with E-state index in [0.29, 0.717) is 11.3 Å². The zero-order chi connectivity index (χ0) is 17.1. The molecule has 2 heteroatoms. The van der Waals surface area contributed by atoms with Crippen molar-refractivity contribution in [2.24, 2.45) is 0 Å². The Morgan fingerprint density at radius 2 is 1.16 bits per heavy atom. The summed E-state index contributed by atoms with van der Waals surface area (Å²) in [6.45, 7) is 0. The molecule has 4 rings (SSSR count). The van der Waals surface area contributed by atoms with Crippen molar-refractivity contribution in [1.29, 1.82) is 0 Å². The molecule has 0 unspecified atom stereocenters. The highest BCUT2D eigenvalue weighted by atomic mass is 31.1. The highest BCUT2D eigenvalue weighted by Crippen LogP contribution is 2.69. The van der Waals surface area contributed by atoms with Gasteiger partial charge in [-0.15, -0.1) is 0 Å². The quantitative estimate of drug-likeness (QED) is 0.520. The Morgan fingerprint density at radius 3 is 1.60 bits per heavy atom. The van der Waals surface area contributed by atoms with E-state index in [1.165, 1.54) is 29.3 Å². The molecule has 1 fully saturated rings. The van der Waals surface area contributed by atoms with Crippen LogP contribution in [-0.2, 0) is 0 Å². The Bertz CT molecular complexity index is 751. The summed E-state index contributed by atoms with van der Waals surface area (Å²) >= 11 is 0. The van der Waals surface area contributed by atoms with Crippen LogP contribution in [0, 0.1) is 0 Å². The van der Waals surface area contributed by atoms with Crippen LogP contribution in [0.1, 0.15) is 35.3 Å². The summed E-state index contributed by atoms with van der Waals surface area (Å²) in [5.41, 5.74) is 4.25. The second-order valence-corrected chi connectivity index (χ2v) is 9.11. The van der Waals surface area contributed by atoms with Crippen molar-refractivity contribution in [1.82, 2.24) is 0 Å². The zero-order valence-corrected chi connectivity index (χ0v) is 15.4. The fourth-order valence-electron chi connectivity index (χ4n) is 3.93. The van der Waals surface area contributed by atoms with E-state index >= 15 is 0 Å². The Morgan fingerprint density at radius 1 is 0.680 bits per heavy atom. The number of methoxy groups -OCH3 is 1. The van der Waals surface area contributed by atoms with Gasteiger partial charge in [0, 0.05) is 11.3 Å². The lowest BCUT2D eigenvalue weighted by Crippen LogP contribution is -2.07. The second-order valence-electron chi connectivity index (χ2n) is 6.54. The van der Waals surface area contributed by atoms with Gasteiger partial charge in [-0.1, -0.05) is 80.7 Å². The predicted molar refractivity (Wildman–Crippen MR) is 107 cm³/mol. The van der Waals surface area contributed by atoms with Crippen LogP contribution < -0.4 is 10.0 Å². The molecule has 0 aromatic heterocycles. The van der Waals surface area contributed by atoms with E-state index in [0.717, 1.165) is 5.75 Å². The molecule has 1 saturated heterocycles. The third kappa shape index (κ3) is 3.34. The lowest BCUT2D eigenvalue weighted by Gasteiger charge is -2.27. The molecule has 2 atom stereocenters. The fraction of sp³-hybridized carbons (Fsp3) is 0.217. The minimum absolute atomic E-state index is 0.293. The lowest BCUT2D eigenvalue weighted by atomic mass is 10.0. The minimum atomic E-state index is -0.293. The van der Waals surface area contributed by atoms with E-state index in [1.807, 2.05) is 0 Å². The van der Waals surface area contributed by atoms with Gasteiger partial charge >= 0.3 is 0 Å². The Hall–Kier alpha value is -2.11. The molecule has 0 bridgehead atoms. The van der Waals surface area contributed by atoms with Gasteiger partial charge in [-0.25, -0.2) is 0 Å². The molecular weight excluding hydrogens is 323 g/mol. The summed E-state index contributed by atoms with van der Waals surface area (Å²) in [6.07, 6.45) is 2.53. The standard InChI is InChI=1S/C23H23OP/c1-24-20-12-14-21(15-13-20)25-22(18-8-4-2-5-9-18)16-17-23(25)19-10-6-3-7-11-19/h2-15,22-23H,16-17H2,1H3/t22-,23-/m0/s1. The van der Waals surface area contributed by atoms with Crippen LogP contribution in [0.4, 0.5) is 0 Å². The van der Waals surface area contributed by atoms with Gasteiger partial charge in [0.25, 0.3) is 0 Å². The van der Waals surface area contributed by atoms with Gasteiger partial charge in [0.1, 0.15) is 5.75 Å². The van der Waals surface area contributed by atoms with Crippen LogP contribution in [0.3, 0.4) is 0 Å². The first-order valence-electron chi connectivity index (χ1n) is 8.89. The summed E-state index contributed by atoms with van der Waals surface area (Å²) in [4.78, 5) is 0. The normalized spacial score (nSPS) is 20.5. The smallest absolute Gasteiger partial charge is 0.118 e. The van der Waals surface area contributed by atoms with E-state index < -0.39 is 0 Å². The Balaban J connectivity index is 1.75. The van der Waals surface area contributed by atoms with E-state index in [2.05, 4.69) is 84.9 Å². The van der Waals surface area contributed by atoms with Gasteiger partial charge in [0.15, 0.2) is 0 Å². The molecule has 1 aliphatic heterocycles. The van der Waals surface area contributed by atoms with Crippen LogP contribution in [0.15, 0.2) is 84.9 Å². The van der Waals surface area contributed by atoms with Crippen LogP contribution >= 0.6 is 7.92 Å². The average molecular weight is 346 g/mol. The van der Waals surface area contributed by atoms with Crippen LogP contribution in [0.25, 0.3) is 0 Å². The SMILES string of the molecule is COc1ccc(P2[C@H](c3ccccc3)CC[C@H]2c2ccccc2)cc1. The van der Waals surface area contributed by atoms with Crippen molar-refractivity contribution in [2.75, 3.05) is 7.11 Å². The second kappa shape index (κ2) is 7.42. The number of rotatable bonds is 4. The molecule has 3 aromatic rings. The topological polar surface area (TPSA) is 9.23 Å². The van der Waals surface area contributed by atoms with Gasteiger partial charge in [0.2, 0.25) is 0 Å². The van der Waals surface area contributed by atoms with Crippen LogP contribution in [-0.4, -0.2) is 7.11 Å². The van der Waals surface area contributed by atoms with Crippen LogP contribution in [0.5, 0.6) is 5.75 Å². The number of hydrogen-bond acceptors (Lipinski definition) is 1. The maximum absolute atomic E-state index is 5.36. The van der Waals surface area contributed by atoms with Gasteiger partial charge in [-0.2, -0.15) is 0 Å². The largest absolute Gasteiger partial charge is 0.497 e. The van der Waals surface area contributed by atoms with Gasteiger partial charge in [-0.3, -0.25) is 0 Å². The zero-order valence-electron chi connectivity index (χ0n) is 14.5. The van der Waals surface area contributed by atoms with E-state index in [1.54, 1.807) is 7.11 Å². The van der Waals surface area contributed by atoms with Crippen molar-refractivity contribution < 1.29 is 4.74 Å². The summed E-state index contributed by atoms with van der Waals surface area (Å²) in [6, 6.07) is 30.9. The predicted octanol–water partition coefficient (Wildman–Crippen LogP) is 6.08. The van der Waals surface area contributed by atoms with Crippen molar-refractivity contribution in [2.45, 2.75) is 24.2 Å². The Kier molecular flexibility index (Phi) is 4.85. The highest BCUT2D eigenvalue weighted by Gasteiger charge is 2.38. The molecule has 0 aliphatic carbocycles. The van der Waals surface area contributed by atoms with E-state index in [4.69, 9.17) is 4.74 Å². The molecule has 25 heavy (non-hydrogen) atoms. The van der Waals surface area contributed by atoms with Gasteiger partial charge < -0.3 is 4.74 Å². The molecule has 1 nitrogen and oxygen atoms in total. The summed E-state index contributed by atoms with van der Waals surface area (Å²) in [5, 5.41) is 1.48. The first kappa shape index (κ1) is 16.4. The van der Waals surface area contributed by atoms with Crippen molar-refractivity contribution >= 4 is 13.2 Å². The molecule has 3 aromatic carbocycles. The number of ether oxygens (including phenoxy) is 1. The molecule has 0 saturated carbocycles. The van der Waals surface area contributed by atoms with Crippen molar-refractivity contribution in [3.63, 3.8) is 0 Å². The maximum atomic E-state index is 5.36. The fourth-order valence-corrected chi connectivity index (χ4v) is 7.42. The van der Waals surface area contributed by atoms with Crippen molar-refractivity contribution in [3.8, 4) is 5.75 Å². The molecule has 0 amide bonds. The summed E-state index contributed by atoms with van der Waals surface area (Å²) in [5.74, 6) is 0.936. The average Bonchev–Trinajstić information content (AvgIpc) is 3.14. The number of benzene rings is 3. The molecule has 126 valence electrons. The first-order valence-corrected chi connectivity index (χ1v) is 10.4. The Labute approximate surface area is 151 Å². The first-order chi connectivity index (χ1) is 12.4. The molecule has 1 heterocycles.